The Morgan fingerprint density at radius 1 is 1.32 bits per heavy atom. The van der Waals surface area contributed by atoms with Crippen molar-refractivity contribution in [1.29, 1.82) is 0 Å². The summed E-state index contributed by atoms with van der Waals surface area (Å²) >= 11 is 5.29. The first kappa shape index (κ1) is 14.5. The highest BCUT2D eigenvalue weighted by Gasteiger charge is 2.15. The van der Waals surface area contributed by atoms with Crippen LogP contribution in [0.3, 0.4) is 0 Å². The first-order chi connectivity index (χ1) is 8.86. The van der Waals surface area contributed by atoms with Crippen molar-refractivity contribution in [1.82, 2.24) is 4.98 Å². The minimum absolute atomic E-state index is 0.235. The van der Waals surface area contributed by atoms with Gasteiger partial charge in [-0.15, -0.1) is 11.3 Å². The fourth-order valence-electron chi connectivity index (χ4n) is 1.72. The summed E-state index contributed by atoms with van der Waals surface area (Å²) in [6.07, 6.45) is 1.86. The molecule has 0 amide bonds. The van der Waals surface area contributed by atoms with Crippen LogP contribution in [-0.4, -0.2) is 4.98 Å². The Balaban J connectivity index is 2.02. The van der Waals surface area contributed by atoms with Gasteiger partial charge in [-0.2, -0.15) is 0 Å². The molecule has 0 spiro atoms. The van der Waals surface area contributed by atoms with E-state index in [1.54, 1.807) is 0 Å². The predicted molar refractivity (Wildman–Crippen MR) is 87.0 cm³/mol. The maximum absolute atomic E-state index is 4.29. The molecule has 0 bridgehead atoms. The zero-order valence-electron chi connectivity index (χ0n) is 11.7. The Labute approximate surface area is 127 Å². The number of hydrogen-bond acceptors (Lipinski definition) is 3. The first-order valence-electron chi connectivity index (χ1n) is 6.31. The van der Waals surface area contributed by atoms with Gasteiger partial charge in [-0.1, -0.05) is 20.8 Å². The normalized spacial score (nSPS) is 11.6. The number of aryl methyl sites for hydroxylation is 1. The lowest BCUT2D eigenvalue weighted by atomic mass is 9.95. The average molecular weight is 339 g/mol. The number of aromatic nitrogens is 1. The number of nitrogens with zero attached hydrogens (tertiary/aromatic N) is 1. The number of halogens is 1. The highest BCUT2D eigenvalue weighted by atomic mass is 79.9. The summed E-state index contributed by atoms with van der Waals surface area (Å²) in [5.41, 5.74) is 2.44. The number of thiophene rings is 1. The molecule has 0 saturated carbocycles. The molecule has 0 aliphatic heterocycles. The average Bonchev–Trinajstić information content (AvgIpc) is 2.79. The third-order valence-corrected chi connectivity index (χ3v) is 5.22. The van der Waals surface area contributed by atoms with Crippen molar-refractivity contribution >= 4 is 33.0 Å². The zero-order valence-corrected chi connectivity index (χ0v) is 14.2. The molecule has 2 rings (SSSR count). The lowest BCUT2D eigenvalue weighted by molar-refractivity contribution is 0.604. The fraction of sp³-hybridized carbons (Fsp3) is 0.400. The van der Waals surface area contributed by atoms with E-state index in [0.29, 0.717) is 0 Å². The van der Waals surface area contributed by atoms with Gasteiger partial charge < -0.3 is 5.32 Å². The first-order valence-corrected chi connectivity index (χ1v) is 7.92. The number of nitrogens with one attached hydrogen (secondary N) is 1. The molecule has 2 nitrogen and oxygen atoms in total. The van der Waals surface area contributed by atoms with Gasteiger partial charge >= 0.3 is 0 Å². The lowest BCUT2D eigenvalue weighted by Gasteiger charge is -2.15. The van der Waals surface area contributed by atoms with E-state index >= 15 is 0 Å². The summed E-state index contributed by atoms with van der Waals surface area (Å²) in [6, 6.07) is 6.54. The van der Waals surface area contributed by atoms with Crippen LogP contribution >= 0.6 is 27.3 Å². The second-order valence-corrected chi connectivity index (χ2v) is 7.62. The quantitative estimate of drug-likeness (QED) is 0.785. The molecule has 19 heavy (non-hydrogen) atoms. The van der Waals surface area contributed by atoms with Gasteiger partial charge in [-0.05, 0) is 52.0 Å². The van der Waals surface area contributed by atoms with E-state index in [4.69, 9.17) is 0 Å². The molecule has 0 aliphatic rings. The summed E-state index contributed by atoms with van der Waals surface area (Å²) in [6.45, 7) is 9.64. The maximum Gasteiger partial charge on any atom is 0.109 e. The van der Waals surface area contributed by atoms with E-state index in [1.165, 1.54) is 9.75 Å². The molecule has 0 radical (unpaired) electrons. The standard InChI is InChI=1S/C15H19BrN2S/c1-10-7-11(8-18-14(10)16)17-9-12-5-6-13(19-12)15(2,3)4/h5-8,17H,9H2,1-4H3. The molecule has 2 aromatic heterocycles. The topological polar surface area (TPSA) is 24.9 Å². The second kappa shape index (κ2) is 5.63. The molecule has 0 aliphatic carbocycles. The summed E-state index contributed by atoms with van der Waals surface area (Å²) in [5.74, 6) is 0. The number of hydrogen-bond donors (Lipinski definition) is 1. The van der Waals surface area contributed by atoms with Gasteiger partial charge in [-0.25, -0.2) is 4.98 Å². The van der Waals surface area contributed by atoms with E-state index in [1.807, 2.05) is 24.5 Å². The Morgan fingerprint density at radius 2 is 2.05 bits per heavy atom. The summed E-state index contributed by atoms with van der Waals surface area (Å²) in [4.78, 5) is 7.07. The van der Waals surface area contributed by atoms with E-state index < -0.39 is 0 Å². The molecular formula is C15H19BrN2S. The third-order valence-electron chi connectivity index (χ3n) is 2.88. The Morgan fingerprint density at radius 3 is 2.63 bits per heavy atom. The van der Waals surface area contributed by atoms with Crippen LogP contribution in [0, 0.1) is 6.92 Å². The van der Waals surface area contributed by atoms with Crippen molar-refractivity contribution in [2.45, 2.75) is 39.7 Å². The molecular weight excluding hydrogens is 320 g/mol. The van der Waals surface area contributed by atoms with Gasteiger partial charge in [0.25, 0.3) is 0 Å². The maximum atomic E-state index is 4.29. The van der Waals surface area contributed by atoms with Crippen molar-refractivity contribution in [2.75, 3.05) is 5.32 Å². The Bertz CT molecular complexity index is 570. The number of anilines is 1. The minimum atomic E-state index is 0.235. The van der Waals surface area contributed by atoms with Crippen LogP contribution < -0.4 is 5.32 Å². The molecule has 102 valence electrons. The smallest absolute Gasteiger partial charge is 0.109 e. The van der Waals surface area contributed by atoms with Crippen molar-refractivity contribution in [2.24, 2.45) is 0 Å². The van der Waals surface area contributed by atoms with Gasteiger partial charge in [0.15, 0.2) is 0 Å². The van der Waals surface area contributed by atoms with Crippen LogP contribution in [0.1, 0.15) is 36.1 Å². The summed E-state index contributed by atoms with van der Waals surface area (Å²) < 4.78 is 0.907. The Hall–Kier alpha value is -0.870. The van der Waals surface area contributed by atoms with E-state index in [9.17, 15) is 0 Å². The molecule has 0 aromatic carbocycles. The van der Waals surface area contributed by atoms with E-state index in [-0.39, 0.29) is 5.41 Å². The van der Waals surface area contributed by atoms with Crippen LogP contribution in [0.4, 0.5) is 5.69 Å². The van der Waals surface area contributed by atoms with E-state index in [2.05, 4.69) is 65.2 Å². The number of rotatable bonds is 3. The van der Waals surface area contributed by atoms with Crippen molar-refractivity contribution in [3.05, 3.63) is 44.3 Å². The fourth-order valence-corrected chi connectivity index (χ4v) is 2.94. The van der Waals surface area contributed by atoms with Crippen molar-refractivity contribution in [3.8, 4) is 0 Å². The molecule has 2 aromatic rings. The summed E-state index contributed by atoms with van der Waals surface area (Å²) in [7, 11) is 0. The van der Waals surface area contributed by atoms with Crippen LogP contribution in [0.15, 0.2) is 29.0 Å². The van der Waals surface area contributed by atoms with Gasteiger partial charge in [-0.3, -0.25) is 0 Å². The highest BCUT2D eigenvalue weighted by Crippen LogP contribution is 2.29. The van der Waals surface area contributed by atoms with Crippen LogP contribution in [-0.2, 0) is 12.0 Å². The van der Waals surface area contributed by atoms with Crippen LogP contribution in [0.2, 0.25) is 0 Å². The molecule has 1 N–H and O–H groups in total. The summed E-state index contributed by atoms with van der Waals surface area (Å²) in [5, 5.41) is 3.42. The van der Waals surface area contributed by atoms with Crippen LogP contribution in [0.5, 0.6) is 0 Å². The SMILES string of the molecule is Cc1cc(NCc2ccc(C(C)(C)C)s2)cnc1Br. The molecule has 2 heterocycles. The predicted octanol–water partition coefficient (Wildman–Crippen LogP) is 5.12. The van der Waals surface area contributed by atoms with Gasteiger partial charge in [0.05, 0.1) is 11.9 Å². The molecule has 4 heteroatoms. The third kappa shape index (κ3) is 3.80. The van der Waals surface area contributed by atoms with Gasteiger partial charge in [0.2, 0.25) is 0 Å². The van der Waals surface area contributed by atoms with Crippen molar-refractivity contribution in [3.63, 3.8) is 0 Å². The largest absolute Gasteiger partial charge is 0.379 e. The van der Waals surface area contributed by atoms with Crippen molar-refractivity contribution < 1.29 is 0 Å². The Kier molecular flexibility index (Phi) is 4.31. The van der Waals surface area contributed by atoms with Gasteiger partial charge in [0.1, 0.15) is 4.60 Å². The molecule has 0 fully saturated rings. The monoisotopic (exact) mass is 338 g/mol. The highest BCUT2D eigenvalue weighted by molar-refractivity contribution is 9.10. The lowest BCUT2D eigenvalue weighted by Crippen LogP contribution is -2.07. The minimum Gasteiger partial charge on any atom is -0.379 e. The van der Waals surface area contributed by atoms with E-state index in [0.717, 1.165) is 22.4 Å². The molecule has 0 unspecified atom stereocenters. The molecule has 0 saturated heterocycles. The zero-order chi connectivity index (χ0) is 14.0. The van der Waals surface area contributed by atoms with Gasteiger partial charge in [0, 0.05) is 16.3 Å². The number of pyridine rings is 1. The second-order valence-electron chi connectivity index (χ2n) is 5.70. The van der Waals surface area contributed by atoms with Crippen LogP contribution in [0.25, 0.3) is 0 Å². The molecule has 0 atom stereocenters.